The fourth-order valence-corrected chi connectivity index (χ4v) is 4.13. The number of anilines is 1. The van der Waals surface area contributed by atoms with Crippen molar-refractivity contribution < 1.29 is 17.7 Å². The van der Waals surface area contributed by atoms with Gasteiger partial charge in [0.2, 0.25) is 0 Å². The number of ether oxygens (including phenoxy) is 1. The second-order valence-electron chi connectivity index (χ2n) is 6.13. The molecule has 0 fully saturated rings. The van der Waals surface area contributed by atoms with Crippen LogP contribution in [0.1, 0.15) is 22.6 Å². The van der Waals surface area contributed by atoms with Gasteiger partial charge in [0.1, 0.15) is 18.1 Å². The molecule has 0 saturated heterocycles. The zero-order valence-electron chi connectivity index (χ0n) is 15.1. The molecule has 0 radical (unpaired) electrons. The van der Waals surface area contributed by atoms with Gasteiger partial charge in [-0.2, -0.15) is 0 Å². The molecular weight excluding hydrogens is 432 g/mol. The largest absolute Gasteiger partial charge is 0.489 e. The number of hydrogen-bond acceptors (Lipinski definition) is 5. The minimum atomic E-state index is -3.68. The van der Waals surface area contributed by atoms with Crippen LogP contribution < -0.4 is 9.46 Å². The number of hydrogen-bond donors (Lipinski definition) is 1. The van der Waals surface area contributed by atoms with Gasteiger partial charge in [-0.25, -0.2) is 8.42 Å². The van der Waals surface area contributed by atoms with Crippen LogP contribution in [0.2, 0.25) is 0 Å². The van der Waals surface area contributed by atoms with Gasteiger partial charge < -0.3 is 9.26 Å². The van der Waals surface area contributed by atoms with Crippen molar-refractivity contribution in [2.75, 3.05) is 4.72 Å². The van der Waals surface area contributed by atoms with E-state index in [1.165, 1.54) is 12.1 Å². The van der Waals surface area contributed by atoms with Crippen LogP contribution in [-0.4, -0.2) is 13.6 Å². The molecule has 0 bridgehead atoms. The first-order valence-electron chi connectivity index (χ1n) is 8.20. The molecule has 1 heterocycles. The van der Waals surface area contributed by atoms with Gasteiger partial charge in [-0.15, -0.1) is 0 Å². The predicted octanol–water partition coefficient (Wildman–Crippen LogP) is 4.74. The van der Waals surface area contributed by atoms with E-state index < -0.39 is 10.0 Å². The van der Waals surface area contributed by atoms with Gasteiger partial charge in [0, 0.05) is 4.47 Å². The quantitative estimate of drug-likeness (QED) is 0.586. The molecule has 1 aromatic heterocycles. The van der Waals surface area contributed by atoms with Crippen molar-refractivity contribution in [1.82, 2.24) is 5.16 Å². The molecule has 0 aliphatic rings. The first-order valence-corrected chi connectivity index (χ1v) is 10.5. The Morgan fingerprint density at radius 2 is 1.81 bits per heavy atom. The molecule has 27 heavy (non-hydrogen) atoms. The van der Waals surface area contributed by atoms with Crippen molar-refractivity contribution in [3.05, 3.63) is 69.5 Å². The standard InChI is InChI=1S/C19H19BrN2O4S/c1-12-10-15(20)4-9-19(12)22-27(23,24)17-7-5-16(6-8-17)25-11-18-13(2)21-26-14(18)3/h4-10,22H,11H2,1-3H3. The van der Waals surface area contributed by atoms with E-state index in [-0.39, 0.29) is 4.90 Å². The molecule has 0 unspecified atom stereocenters. The minimum absolute atomic E-state index is 0.162. The van der Waals surface area contributed by atoms with Gasteiger partial charge in [-0.05, 0) is 68.8 Å². The average Bonchev–Trinajstić information content (AvgIpc) is 2.94. The Kier molecular flexibility index (Phi) is 5.57. The van der Waals surface area contributed by atoms with Crippen molar-refractivity contribution in [2.45, 2.75) is 32.3 Å². The van der Waals surface area contributed by atoms with Gasteiger partial charge in [0.15, 0.2) is 0 Å². The summed E-state index contributed by atoms with van der Waals surface area (Å²) >= 11 is 3.37. The number of aromatic nitrogens is 1. The van der Waals surface area contributed by atoms with Crippen LogP contribution in [0.25, 0.3) is 0 Å². The zero-order chi connectivity index (χ0) is 19.6. The Bertz CT molecular complexity index is 1040. The molecule has 142 valence electrons. The summed E-state index contributed by atoms with van der Waals surface area (Å²) in [4.78, 5) is 0.162. The molecule has 3 aromatic rings. The van der Waals surface area contributed by atoms with E-state index in [1.807, 2.05) is 26.8 Å². The lowest BCUT2D eigenvalue weighted by Gasteiger charge is -2.12. The third-order valence-electron chi connectivity index (χ3n) is 4.13. The normalized spacial score (nSPS) is 11.4. The number of sulfonamides is 1. The fraction of sp³-hybridized carbons (Fsp3) is 0.211. The SMILES string of the molecule is Cc1cc(Br)ccc1NS(=O)(=O)c1ccc(OCc2c(C)noc2C)cc1. The second-order valence-corrected chi connectivity index (χ2v) is 8.73. The summed E-state index contributed by atoms with van der Waals surface area (Å²) in [7, 11) is -3.68. The summed E-state index contributed by atoms with van der Waals surface area (Å²) in [5.41, 5.74) is 3.03. The molecule has 1 N–H and O–H groups in total. The Morgan fingerprint density at radius 3 is 2.41 bits per heavy atom. The van der Waals surface area contributed by atoms with Crippen LogP contribution in [0.15, 0.2) is 56.4 Å². The maximum absolute atomic E-state index is 12.6. The third kappa shape index (κ3) is 4.51. The van der Waals surface area contributed by atoms with E-state index in [9.17, 15) is 8.42 Å². The van der Waals surface area contributed by atoms with Crippen LogP contribution >= 0.6 is 15.9 Å². The van der Waals surface area contributed by atoms with Crippen molar-refractivity contribution in [3.63, 3.8) is 0 Å². The molecule has 0 amide bonds. The monoisotopic (exact) mass is 450 g/mol. The van der Waals surface area contributed by atoms with Crippen LogP contribution in [0.3, 0.4) is 0 Å². The number of nitrogens with zero attached hydrogens (tertiary/aromatic N) is 1. The van der Waals surface area contributed by atoms with Crippen molar-refractivity contribution in [1.29, 1.82) is 0 Å². The van der Waals surface area contributed by atoms with Gasteiger partial charge in [0.05, 0.1) is 21.8 Å². The summed E-state index contributed by atoms with van der Waals surface area (Å²) in [5, 5.41) is 3.88. The highest BCUT2D eigenvalue weighted by Crippen LogP contribution is 2.24. The molecule has 6 nitrogen and oxygen atoms in total. The van der Waals surface area contributed by atoms with E-state index >= 15 is 0 Å². The smallest absolute Gasteiger partial charge is 0.261 e. The first kappa shape index (κ1) is 19.4. The molecule has 0 saturated carbocycles. The maximum Gasteiger partial charge on any atom is 0.261 e. The summed E-state index contributed by atoms with van der Waals surface area (Å²) < 4.78 is 39.5. The summed E-state index contributed by atoms with van der Waals surface area (Å²) in [6, 6.07) is 11.6. The predicted molar refractivity (Wildman–Crippen MR) is 106 cm³/mol. The van der Waals surface area contributed by atoms with E-state index in [0.717, 1.165) is 21.3 Å². The van der Waals surface area contributed by atoms with Crippen molar-refractivity contribution in [2.24, 2.45) is 0 Å². The number of aryl methyl sites for hydroxylation is 3. The molecule has 3 rings (SSSR count). The van der Waals surface area contributed by atoms with Crippen molar-refractivity contribution in [3.8, 4) is 5.75 Å². The summed E-state index contributed by atoms with van der Waals surface area (Å²) in [5.74, 6) is 1.27. The molecule has 0 aliphatic heterocycles. The van der Waals surface area contributed by atoms with Gasteiger partial charge in [-0.1, -0.05) is 21.1 Å². The molecule has 8 heteroatoms. The molecule has 2 aromatic carbocycles. The maximum atomic E-state index is 12.6. The van der Waals surface area contributed by atoms with Gasteiger partial charge in [0.25, 0.3) is 10.0 Å². The number of nitrogens with one attached hydrogen (secondary N) is 1. The highest BCUT2D eigenvalue weighted by molar-refractivity contribution is 9.10. The fourth-order valence-electron chi connectivity index (χ4n) is 2.52. The third-order valence-corrected chi connectivity index (χ3v) is 6.01. The van der Waals surface area contributed by atoms with E-state index in [1.54, 1.807) is 24.3 Å². The Balaban J connectivity index is 1.72. The second kappa shape index (κ2) is 7.74. The van der Waals surface area contributed by atoms with Crippen LogP contribution in [0.5, 0.6) is 5.75 Å². The minimum Gasteiger partial charge on any atom is -0.489 e. The Morgan fingerprint density at radius 1 is 1.11 bits per heavy atom. The number of halogens is 1. The lowest BCUT2D eigenvalue weighted by atomic mass is 10.2. The highest BCUT2D eigenvalue weighted by atomic mass is 79.9. The first-order chi connectivity index (χ1) is 12.8. The summed E-state index contributed by atoms with van der Waals surface area (Å²) in [6.07, 6.45) is 0. The lowest BCUT2D eigenvalue weighted by Crippen LogP contribution is -2.13. The van der Waals surface area contributed by atoms with Gasteiger partial charge >= 0.3 is 0 Å². The zero-order valence-corrected chi connectivity index (χ0v) is 17.5. The topological polar surface area (TPSA) is 81.4 Å². The highest BCUT2D eigenvalue weighted by Gasteiger charge is 2.16. The average molecular weight is 451 g/mol. The molecule has 0 spiro atoms. The van der Waals surface area contributed by atoms with E-state index in [2.05, 4.69) is 25.8 Å². The van der Waals surface area contributed by atoms with Crippen molar-refractivity contribution >= 4 is 31.6 Å². The Labute approximate surface area is 166 Å². The van der Waals surface area contributed by atoms with E-state index in [4.69, 9.17) is 9.26 Å². The molecule has 0 atom stereocenters. The lowest BCUT2D eigenvalue weighted by molar-refractivity contribution is 0.301. The van der Waals surface area contributed by atoms with Gasteiger partial charge in [-0.3, -0.25) is 4.72 Å². The molecule has 0 aliphatic carbocycles. The molecular formula is C19H19BrN2O4S. The number of benzene rings is 2. The Hall–Kier alpha value is -2.32. The van der Waals surface area contributed by atoms with Crippen LogP contribution in [0, 0.1) is 20.8 Å². The van der Waals surface area contributed by atoms with Crippen LogP contribution in [-0.2, 0) is 16.6 Å². The van der Waals surface area contributed by atoms with E-state index in [0.29, 0.717) is 23.8 Å². The summed E-state index contributed by atoms with van der Waals surface area (Å²) in [6.45, 7) is 5.82. The number of rotatable bonds is 6. The van der Waals surface area contributed by atoms with Crippen LogP contribution in [0.4, 0.5) is 5.69 Å².